The molecular weight excluding hydrogens is 423 g/mol. The largest absolute Gasteiger partial charge is 0.330 e. The van der Waals surface area contributed by atoms with Crippen molar-refractivity contribution in [2.75, 3.05) is 36.5 Å². The van der Waals surface area contributed by atoms with Crippen molar-refractivity contribution in [2.24, 2.45) is 5.73 Å². The van der Waals surface area contributed by atoms with Crippen molar-refractivity contribution >= 4 is 59.5 Å². The van der Waals surface area contributed by atoms with Crippen molar-refractivity contribution in [1.29, 1.82) is 0 Å². The minimum Gasteiger partial charge on any atom is -0.330 e. The number of hydrogen-bond donors (Lipinski definition) is 2. The number of nitrogens with two attached hydrogens (primary N) is 1. The Kier molecular flexibility index (Phi) is 10.7. The Bertz CT molecular complexity index is 736. The summed E-state index contributed by atoms with van der Waals surface area (Å²) in [7, 11) is 0. The van der Waals surface area contributed by atoms with E-state index in [1.165, 1.54) is 28.4 Å². The van der Waals surface area contributed by atoms with Gasteiger partial charge < -0.3 is 11.1 Å². The molecule has 0 spiro atoms. The highest BCUT2D eigenvalue weighted by Gasteiger charge is 2.14. The first-order valence-electron chi connectivity index (χ1n) is 8.51. The third kappa shape index (κ3) is 6.93. The van der Waals surface area contributed by atoms with E-state index in [1.54, 1.807) is 5.38 Å². The summed E-state index contributed by atoms with van der Waals surface area (Å²) >= 11 is 3.50. The van der Waals surface area contributed by atoms with E-state index < -0.39 is 0 Å². The molecule has 2 aromatic rings. The third-order valence-corrected chi connectivity index (χ3v) is 6.05. The maximum absolute atomic E-state index is 12.5. The van der Waals surface area contributed by atoms with Crippen LogP contribution in [0.2, 0.25) is 0 Å². The molecule has 1 aliphatic rings. The Morgan fingerprint density at radius 1 is 1.30 bits per heavy atom. The molecule has 1 aromatic carbocycles. The molecule has 3 N–H and O–H groups in total. The predicted molar refractivity (Wildman–Crippen MR) is 121 cm³/mol. The van der Waals surface area contributed by atoms with Crippen LogP contribution in [0.4, 0.5) is 5.69 Å². The summed E-state index contributed by atoms with van der Waals surface area (Å²) < 4.78 is 0. The number of amides is 1. The first-order chi connectivity index (χ1) is 12.2. The quantitative estimate of drug-likeness (QED) is 0.705. The van der Waals surface area contributed by atoms with E-state index in [9.17, 15) is 4.79 Å². The second-order valence-corrected chi connectivity index (χ2v) is 8.32. The van der Waals surface area contributed by atoms with Crippen molar-refractivity contribution in [3.05, 3.63) is 45.4 Å². The molecular formula is C18H26Cl2N4OS2. The molecule has 1 aromatic heterocycles. The fourth-order valence-electron chi connectivity index (χ4n) is 2.76. The number of hydrogen-bond acceptors (Lipinski definition) is 6. The van der Waals surface area contributed by atoms with Gasteiger partial charge in [0.2, 0.25) is 0 Å². The molecule has 2 heterocycles. The van der Waals surface area contributed by atoms with Crippen LogP contribution in [-0.2, 0) is 13.0 Å². The van der Waals surface area contributed by atoms with Crippen molar-refractivity contribution in [1.82, 2.24) is 9.88 Å². The van der Waals surface area contributed by atoms with Gasteiger partial charge in [-0.2, -0.15) is 11.8 Å². The lowest BCUT2D eigenvalue weighted by Gasteiger charge is -2.26. The summed E-state index contributed by atoms with van der Waals surface area (Å²) in [6.07, 6.45) is 0.709. The minimum absolute atomic E-state index is 0. The number of benzene rings is 1. The maximum Gasteiger partial charge on any atom is 0.275 e. The Balaban J connectivity index is 0.00000182. The number of thioether (sulfide) groups is 1. The van der Waals surface area contributed by atoms with E-state index in [4.69, 9.17) is 5.73 Å². The van der Waals surface area contributed by atoms with Crippen molar-refractivity contribution < 1.29 is 4.79 Å². The Labute approximate surface area is 181 Å². The Morgan fingerprint density at radius 3 is 2.74 bits per heavy atom. The molecule has 9 heteroatoms. The molecule has 0 atom stereocenters. The van der Waals surface area contributed by atoms with Gasteiger partial charge in [-0.3, -0.25) is 9.69 Å². The van der Waals surface area contributed by atoms with Crippen LogP contribution in [0.15, 0.2) is 23.6 Å². The Hall–Kier alpha value is -0.830. The number of anilines is 1. The zero-order chi connectivity index (χ0) is 17.6. The van der Waals surface area contributed by atoms with Gasteiger partial charge in [-0.05, 0) is 30.7 Å². The van der Waals surface area contributed by atoms with Crippen LogP contribution in [0.3, 0.4) is 0 Å². The zero-order valence-corrected chi connectivity index (χ0v) is 18.5. The van der Waals surface area contributed by atoms with E-state index in [2.05, 4.69) is 33.4 Å². The predicted octanol–water partition coefficient (Wildman–Crippen LogP) is 3.60. The molecule has 0 radical (unpaired) electrons. The molecule has 1 amide bonds. The van der Waals surface area contributed by atoms with E-state index >= 15 is 0 Å². The number of aryl methyl sites for hydroxylation is 1. The van der Waals surface area contributed by atoms with Gasteiger partial charge in [-0.25, -0.2) is 4.98 Å². The van der Waals surface area contributed by atoms with Crippen LogP contribution in [0.25, 0.3) is 0 Å². The van der Waals surface area contributed by atoms with Crippen LogP contribution in [0, 0.1) is 6.92 Å². The maximum atomic E-state index is 12.5. The molecule has 1 aliphatic heterocycles. The topological polar surface area (TPSA) is 71.2 Å². The van der Waals surface area contributed by atoms with Crippen molar-refractivity contribution in [3.63, 3.8) is 0 Å². The molecule has 1 fully saturated rings. The number of thiazole rings is 1. The monoisotopic (exact) mass is 448 g/mol. The van der Waals surface area contributed by atoms with Gasteiger partial charge in [0.1, 0.15) is 5.69 Å². The molecule has 3 rings (SSSR count). The van der Waals surface area contributed by atoms with Gasteiger partial charge in [0.05, 0.1) is 5.01 Å². The standard InChI is InChI=1S/C18H24N4OS2.2ClH/c1-13-2-3-14(11-22-6-8-24-9-7-22)10-15(13)21-18(23)16-12-25-17(20-16)4-5-19;;/h2-3,10,12H,4-9,11,19H2,1H3,(H,21,23);2*1H. The van der Waals surface area contributed by atoms with Crippen LogP contribution >= 0.6 is 47.9 Å². The molecule has 150 valence electrons. The van der Waals surface area contributed by atoms with Crippen LogP contribution in [0.1, 0.15) is 26.6 Å². The molecule has 5 nitrogen and oxygen atoms in total. The van der Waals surface area contributed by atoms with Crippen LogP contribution < -0.4 is 11.1 Å². The second-order valence-electron chi connectivity index (χ2n) is 6.16. The summed E-state index contributed by atoms with van der Waals surface area (Å²) in [6, 6.07) is 6.31. The average Bonchev–Trinajstić information content (AvgIpc) is 3.08. The lowest BCUT2D eigenvalue weighted by molar-refractivity contribution is 0.102. The highest BCUT2D eigenvalue weighted by atomic mass is 35.5. The molecule has 0 unspecified atom stereocenters. The van der Waals surface area contributed by atoms with E-state index in [1.807, 2.05) is 18.7 Å². The van der Waals surface area contributed by atoms with E-state index in [-0.39, 0.29) is 30.7 Å². The number of nitrogens with one attached hydrogen (secondary N) is 1. The van der Waals surface area contributed by atoms with Gasteiger partial charge in [0.15, 0.2) is 0 Å². The first kappa shape index (κ1) is 24.2. The number of carbonyl (C=O) groups excluding carboxylic acids is 1. The summed E-state index contributed by atoms with van der Waals surface area (Å²) in [5.41, 5.74) is 9.16. The molecule has 1 saturated heterocycles. The van der Waals surface area contributed by atoms with Crippen LogP contribution in [-0.4, -0.2) is 46.9 Å². The highest BCUT2D eigenvalue weighted by Crippen LogP contribution is 2.21. The summed E-state index contributed by atoms with van der Waals surface area (Å²) in [4.78, 5) is 19.3. The number of halogens is 2. The normalized spacial score (nSPS) is 14.1. The number of aromatic nitrogens is 1. The van der Waals surface area contributed by atoms with E-state index in [0.717, 1.165) is 35.9 Å². The van der Waals surface area contributed by atoms with Gasteiger partial charge in [0.25, 0.3) is 5.91 Å². The zero-order valence-electron chi connectivity index (χ0n) is 15.3. The average molecular weight is 449 g/mol. The molecule has 0 aliphatic carbocycles. The lowest BCUT2D eigenvalue weighted by atomic mass is 10.1. The minimum atomic E-state index is -0.158. The highest BCUT2D eigenvalue weighted by molar-refractivity contribution is 7.99. The fraction of sp³-hybridized carbons (Fsp3) is 0.444. The second kappa shape index (κ2) is 11.9. The Morgan fingerprint density at radius 2 is 2.04 bits per heavy atom. The van der Waals surface area contributed by atoms with Gasteiger partial charge >= 0.3 is 0 Å². The SMILES string of the molecule is Cc1ccc(CN2CCSCC2)cc1NC(=O)c1csc(CCN)n1.Cl.Cl. The summed E-state index contributed by atoms with van der Waals surface area (Å²) in [5.74, 6) is 2.24. The third-order valence-electron chi connectivity index (χ3n) is 4.20. The smallest absolute Gasteiger partial charge is 0.275 e. The van der Waals surface area contributed by atoms with Gasteiger partial charge in [-0.1, -0.05) is 12.1 Å². The van der Waals surface area contributed by atoms with E-state index in [0.29, 0.717) is 18.7 Å². The number of rotatable bonds is 6. The number of nitrogens with zero attached hydrogens (tertiary/aromatic N) is 2. The first-order valence-corrected chi connectivity index (χ1v) is 10.5. The fourth-order valence-corrected chi connectivity index (χ4v) is 4.53. The molecule has 27 heavy (non-hydrogen) atoms. The summed E-state index contributed by atoms with van der Waals surface area (Å²) in [6.45, 7) is 5.75. The van der Waals surface area contributed by atoms with Crippen molar-refractivity contribution in [3.8, 4) is 0 Å². The molecule has 0 bridgehead atoms. The van der Waals surface area contributed by atoms with Crippen molar-refractivity contribution in [2.45, 2.75) is 19.9 Å². The molecule has 0 saturated carbocycles. The number of carbonyl (C=O) groups is 1. The van der Waals surface area contributed by atoms with Crippen LogP contribution in [0.5, 0.6) is 0 Å². The van der Waals surface area contributed by atoms with Gasteiger partial charge in [-0.15, -0.1) is 36.2 Å². The lowest BCUT2D eigenvalue weighted by Crippen LogP contribution is -2.32. The summed E-state index contributed by atoms with van der Waals surface area (Å²) in [5, 5.41) is 5.71. The van der Waals surface area contributed by atoms with Gasteiger partial charge in [0, 0.05) is 48.6 Å².